The van der Waals surface area contributed by atoms with E-state index < -0.39 is 0 Å². The van der Waals surface area contributed by atoms with E-state index in [0.29, 0.717) is 5.69 Å². The van der Waals surface area contributed by atoms with Crippen molar-refractivity contribution in [3.05, 3.63) is 182 Å². The van der Waals surface area contributed by atoms with Crippen LogP contribution in [0.15, 0.2) is 191 Å². The molecule has 6 heteroatoms. The summed E-state index contributed by atoms with van der Waals surface area (Å²) in [6.07, 6.45) is 0. The third-order valence-corrected chi connectivity index (χ3v) is 11.4. The van der Waals surface area contributed by atoms with Gasteiger partial charge in [0.05, 0.1) is 33.8 Å². The molecule has 0 atom stereocenters. The summed E-state index contributed by atoms with van der Waals surface area (Å²) in [4.78, 5) is 4.32. The van der Waals surface area contributed by atoms with Gasteiger partial charge in [-0.1, -0.05) is 79.4 Å². The Balaban J connectivity index is 0.968. The minimum Gasteiger partial charge on any atom is -0.456 e. The maximum absolute atomic E-state index is 6.48. The monoisotopic (exact) mass is 720 g/mol. The largest absolute Gasteiger partial charge is 0.456 e. The number of para-hydroxylation sites is 6. The second-order valence-corrected chi connectivity index (χ2v) is 14.5. The number of fused-ring (bicyclic) bond motifs is 10. The van der Waals surface area contributed by atoms with Crippen molar-refractivity contribution < 1.29 is 8.83 Å². The fourth-order valence-electron chi connectivity index (χ4n) is 8.84. The molecular weight excluding hydrogens is 689 g/mol. The zero-order chi connectivity index (χ0) is 37.1. The Morgan fingerprint density at radius 1 is 0.393 bits per heavy atom. The van der Waals surface area contributed by atoms with Crippen LogP contribution in [0.3, 0.4) is 0 Å². The van der Waals surface area contributed by atoms with E-state index in [1.54, 1.807) is 0 Å². The minimum atomic E-state index is 0.694. The molecule has 0 radical (unpaired) electrons. The minimum absolute atomic E-state index is 0.694. The SMILES string of the molecule is C=C1N(c2ccc3oc4ccc(-c5ccc6oc7ccc(-n8c9ccccc9c9ccccc98)cc7c6c5)cc4c3c2)c2ccccc2N1c1ccccc1N. The number of furan rings is 2. The summed E-state index contributed by atoms with van der Waals surface area (Å²) in [6, 6.07) is 59.2. The first-order valence-electron chi connectivity index (χ1n) is 18.7. The van der Waals surface area contributed by atoms with E-state index in [-0.39, 0.29) is 0 Å². The lowest BCUT2D eigenvalue weighted by atomic mass is 10.0. The number of hydrogen-bond donors (Lipinski definition) is 1. The molecule has 8 aromatic carbocycles. The van der Waals surface area contributed by atoms with Gasteiger partial charge in [0.1, 0.15) is 28.2 Å². The van der Waals surface area contributed by atoms with Crippen LogP contribution < -0.4 is 15.5 Å². The lowest BCUT2D eigenvalue weighted by molar-refractivity contribution is 0.668. The van der Waals surface area contributed by atoms with Crippen LogP contribution in [-0.4, -0.2) is 4.57 Å². The summed E-state index contributed by atoms with van der Waals surface area (Å²) in [7, 11) is 0. The normalized spacial score (nSPS) is 13.0. The maximum atomic E-state index is 6.48. The third-order valence-electron chi connectivity index (χ3n) is 11.4. The molecule has 1 aliphatic heterocycles. The van der Waals surface area contributed by atoms with Crippen LogP contribution in [0, 0.1) is 0 Å². The zero-order valence-electron chi connectivity index (χ0n) is 30.1. The van der Waals surface area contributed by atoms with Crippen molar-refractivity contribution in [3.8, 4) is 16.8 Å². The molecule has 0 aliphatic carbocycles. The van der Waals surface area contributed by atoms with Crippen molar-refractivity contribution in [2.24, 2.45) is 0 Å². The smallest absolute Gasteiger partial charge is 0.135 e. The van der Waals surface area contributed by atoms with E-state index >= 15 is 0 Å². The van der Waals surface area contributed by atoms with Crippen molar-refractivity contribution in [3.63, 3.8) is 0 Å². The Morgan fingerprint density at radius 2 is 0.839 bits per heavy atom. The number of anilines is 5. The zero-order valence-corrected chi connectivity index (χ0v) is 30.1. The number of nitrogen functional groups attached to an aromatic ring is 1. The molecule has 3 aromatic heterocycles. The van der Waals surface area contributed by atoms with Crippen LogP contribution in [0.5, 0.6) is 0 Å². The highest BCUT2D eigenvalue weighted by Crippen LogP contribution is 2.51. The first-order valence-corrected chi connectivity index (χ1v) is 18.7. The summed E-state index contributed by atoms with van der Waals surface area (Å²) in [5, 5.41) is 6.73. The average molecular weight is 721 g/mol. The molecule has 0 fully saturated rings. The third kappa shape index (κ3) is 4.32. The number of hydrogen-bond acceptors (Lipinski definition) is 5. The Morgan fingerprint density at radius 3 is 1.43 bits per heavy atom. The highest BCUT2D eigenvalue weighted by Gasteiger charge is 2.33. The van der Waals surface area contributed by atoms with Gasteiger partial charge in [0.25, 0.3) is 0 Å². The summed E-state index contributed by atoms with van der Waals surface area (Å²) >= 11 is 0. The van der Waals surface area contributed by atoms with Gasteiger partial charge in [0.15, 0.2) is 0 Å². The van der Waals surface area contributed by atoms with Crippen LogP contribution in [-0.2, 0) is 0 Å². The second-order valence-electron chi connectivity index (χ2n) is 14.5. The highest BCUT2D eigenvalue weighted by atomic mass is 16.3. The molecule has 4 heterocycles. The van der Waals surface area contributed by atoms with Gasteiger partial charge in [-0.15, -0.1) is 0 Å². The number of nitrogens with two attached hydrogens (primary N) is 1. The molecule has 56 heavy (non-hydrogen) atoms. The van der Waals surface area contributed by atoms with E-state index in [0.717, 1.165) is 89.3 Å². The van der Waals surface area contributed by atoms with Gasteiger partial charge in [-0.2, -0.15) is 0 Å². The molecule has 0 spiro atoms. The van der Waals surface area contributed by atoms with Crippen LogP contribution in [0.4, 0.5) is 28.4 Å². The lowest BCUT2D eigenvalue weighted by Crippen LogP contribution is -2.21. The average Bonchev–Trinajstić information content (AvgIpc) is 3.97. The first-order chi connectivity index (χ1) is 27.6. The van der Waals surface area contributed by atoms with Crippen molar-refractivity contribution in [1.29, 1.82) is 0 Å². The van der Waals surface area contributed by atoms with Gasteiger partial charge in [0, 0.05) is 43.7 Å². The summed E-state index contributed by atoms with van der Waals surface area (Å²) < 4.78 is 15.2. The molecule has 264 valence electrons. The highest BCUT2D eigenvalue weighted by molar-refractivity contribution is 6.12. The molecule has 0 unspecified atom stereocenters. The van der Waals surface area contributed by atoms with E-state index in [9.17, 15) is 0 Å². The van der Waals surface area contributed by atoms with Crippen molar-refractivity contribution in [1.82, 2.24) is 4.57 Å². The van der Waals surface area contributed by atoms with Crippen LogP contribution in [0.1, 0.15) is 0 Å². The summed E-state index contributed by atoms with van der Waals surface area (Å²) in [5.41, 5.74) is 20.2. The fraction of sp³-hybridized carbons (Fsp3) is 0. The van der Waals surface area contributed by atoms with Gasteiger partial charge in [-0.05, 0) is 108 Å². The molecule has 0 bridgehead atoms. The van der Waals surface area contributed by atoms with Crippen LogP contribution in [0.25, 0.3) is 82.5 Å². The molecule has 0 amide bonds. The standard InChI is InChI=1S/C50H32N4O2/c1-30-52(45-16-8-9-17-46(45)53(30)44-15-7-4-12-41(44)51)33-20-24-49-39(28-33)37-26-31(18-22-47(37)55-49)32-19-23-48-38(27-32)40-29-34(21-25-50(40)56-48)54-42-13-5-2-10-35(42)36-11-3-6-14-43(36)54/h2-29H,1,51H2. The van der Waals surface area contributed by atoms with E-state index in [4.69, 9.17) is 14.6 Å². The van der Waals surface area contributed by atoms with E-state index in [2.05, 4.69) is 160 Å². The van der Waals surface area contributed by atoms with Gasteiger partial charge in [0.2, 0.25) is 0 Å². The van der Waals surface area contributed by atoms with Crippen molar-refractivity contribution in [2.75, 3.05) is 15.5 Å². The molecular formula is C50H32N4O2. The molecule has 11 aromatic rings. The predicted molar refractivity (Wildman–Crippen MR) is 231 cm³/mol. The number of aromatic nitrogens is 1. The Hall–Kier alpha value is -7.70. The molecule has 0 saturated heterocycles. The predicted octanol–water partition coefficient (Wildman–Crippen LogP) is 13.6. The maximum Gasteiger partial charge on any atom is 0.135 e. The van der Waals surface area contributed by atoms with E-state index in [1.807, 2.05) is 30.3 Å². The van der Waals surface area contributed by atoms with Gasteiger partial charge in [-0.3, -0.25) is 9.80 Å². The molecule has 0 saturated carbocycles. The number of rotatable bonds is 4. The van der Waals surface area contributed by atoms with Gasteiger partial charge < -0.3 is 19.1 Å². The summed E-state index contributed by atoms with van der Waals surface area (Å²) in [5.74, 6) is 0.805. The fourth-order valence-corrected chi connectivity index (χ4v) is 8.84. The van der Waals surface area contributed by atoms with Crippen LogP contribution in [0.2, 0.25) is 0 Å². The number of nitrogens with zero attached hydrogens (tertiary/aromatic N) is 3. The Labute approximate surface area is 321 Å². The quantitative estimate of drug-likeness (QED) is 0.183. The number of benzene rings is 8. The first kappa shape index (κ1) is 30.7. The Kier molecular flexibility index (Phi) is 6.26. The van der Waals surface area contributed by atoms with Crippen LogP contribution >= 0.6 is 0 Å². The van der Waals surface area contributed by atoms with Crippen molar-refractivity contribution >= 4 is 94.1 Å². The Bertz CT molecular complexity index is 3390. The molecule has 12 rings (SSSR count). The van der Waals surface area contributed by atoms with Crippen molar-refractivity contribution in [2.45, 2.75) is 0 Å². The summed E-state index contributed by atoms with van der Waals surface area (Å²) in [6.45, 7) is 4.56. The molecule has 2 N–H and O–H groups in total. The second kappa shape index (κ2) is 11.4. The molecule has 1 aliphatic rings. The molecule has 6 nitrogen and oxygen atoms in total. The van der Waals surface area contributed by atoms with Gasteiger partial charge >= 0.3 is 0 Å². The topological polar surface area (TPSA) is 63.7 Å². The van der Waals surface area contributed by atoms with E-state index in [1.165, 1.54) is 21.8 Å². The lowest BCUT2D eigenvalue weighted by Gasteiger charge is -2.25. The van der Waals surface area contributed by atoms with Gasteiger partial charge in [-0.25, -0.2) is 0 Å².